The van der Waals surface area contributed by atoms with E-state index in [1.807, 2.05) is 17.0 Å². The van der Waals surface area contributed by atoms with Crippen molar-refractivity contribution >= 4 is 5.91 Å². The molecular formula is C22H28N4O2. The van der Waals surface area contributed by atoms with E-state index in [1.54, 1.807) is 12.4 Å². The number of likely N-dealkylation sites (tertiary alicyclic amines) is 1. The molecule has 1 saturated heterocycles. The van der Waals surface area contributed by atoms with Crippen molar-refractivity contribution < 1.29 is 4.79 Å². The molecule has 1 N–H and O–H groups in total. The maximum Gasteiger partial charge on any atom is 0.251 e. The Labute approximate surface area is 165 Å². The van der Waals surface area contributed by atoms with E-state index in [0.717, 1.165) is 49.7 Å². The Morgan fingerprint density at radius 2 is 1.96 bits per heavy atom. The van der Waals surface area contributed by atoms with Crippen LogP contribution in [0.15, 0.2) is 35.4 Å². The van der Waals surface area contributed by atoms with E-state index in [0.29, 0.717) is 12.1 Å². The third-order valence-corrected chi connectivity index (χ3v) is 6.19. The minimum atomic E-state index is -0.140. The lowest BCUT2D eigenvalue weighted by molar-refractivity contribution is -0.132. The third-order valence-electron chi connectivity index (χ3n) is 6.19. The Kier molecular flexibility index (Phi) is 5.84. The van der Waals surface area contributed by atoms with Gasteiger partial charge in [-0.15, -0.1) is 0 Å². The summed E-state index contributed by atoms with van der Waals surface area (Å²) in [6.45, 7) is 1.49. The maximum absolute atomic E-state index is 12.5. The van der Waals surface area contributed by atoms with Crippen LogP contribution < -0.4 is 5.56 Å². The van der Waals surface area contributed by atoms with Gasteiger partial charge in [-0.25, -0.2) is 4.98 Å². The van der Waals surface area contributed by atoms with Crippen LogP contribution in [-0.4, -0.2) is 38.8 Å². The molecule has 148 valence electrons. The maximum atomic E-state index is 12.5. The topological polar surface area (TPSA) is 79.0 Å². The molecule has 6 heteroatoms. The second-order valence-electron chi connectivity index (χ2n) is 8.10. The number of pyridine rings is 1. The van der Waals surface area contributed by atoms with E-state index in [-0.39, 0.29) is 17.4 Å². The molecule has 4 rings (SSSR count). The summed E-state index contributed by atoms with van der Waals surface area (Å²) in [6, 6.07) is 5.26. The second kappa shape index (κ2) is 8.67. The number of hydrogen-bond donors (Lipinski definition) is 1. The monoisotopic (exact) mass is 380 g/mol. The van der Waals surface area contributed by atoms with Crippen molar-refractivity contribution in [2.24, 2.45) is 5.92 Å². The molecule has 2 aromatic heterocycles. The first-order valence-corrected chi connectivity index (χ1v) is 10.5. The number of aromatic nitrogens is 3. The Bertz CT molecular complexity index is 850. The van der Waals surface area contributed by atoms with Crippen molar-refractivity contribution in [3.63, 3.8) is 0 Å². The molecule has 2 aliphatic rings. The summed E-state index contributed by atoms with van der Waals surface area (Å²) in [5.74, 6) is 1.95. The summed E-state index contributed by atoms with van der Waals surface area (Å²) in [4.78, 5) is 38.4. The Hall–Kier alpha value is -2.50. The molecule has 1 saturated carbocycles. The fourth-order valence-corrected chi connectivity index (χ4v) is 4.52. The second-order valence-corrected chi connectivity index (χ2v) is 8.10. The van der Waals surface area contributed by atoms with Crippen LogP contribution in [0, 0.1) is 5.92 Å². The molecular weight excluding hydrogens is 352 g/mol. The van der Waals surface area contributed by atoms with Gasteiger partial charge in [0.25, 0.3) is 5.56 Å². The fourth-order valence-electron chi connectivity index (χ4n) is 4.52. The number of hydrogen-bond acceptors (Lipinski definition) is 4. The van der Waals surface area contributed by atoms with Gasteiger partial charge in [0.1, 0.15) is 5.82 Å². The van der Waals surface area contributed by atoms with Crippen molar-refractivity contribution in [2.75, 3.05) is 13.1 Å². The number of carbonyl (C=O) groups excluding carboxylic acids is 1. The molecule has 2 aromatic rings. The normalized spacial score (nSPS) is 18.5. The highest BCUT2D eigenvalue weighted by molar-refractivity contribution is 5.76. The molecule has 2 fully saturated rings. The van der Waals surface area contributed by atoms with Gasteiger partial charge in [0, 0.05) is 49.5 Å². The van der Waals surface area contributed by atoms with Crippen LogP contribution in [0.3, 0.4) is 0 Å². The minimum absolute atomic E-state index is 0.140. The lowest BCUT2D eigenvalue weighted by Crippen LogP contribution is -2.38. The van der Waals surface area contributed by atoms with Gasteiger partial charge in [-0.2, -0.15) is 0 Å². The summed E-state index contributed by atoms with van der Waals surface area (Å²) in [7, 11) is 0. The van der Waals surface area contributed by atoms with E-state index < -0.39 is 0 Å². The van der Waals surface area contributed by atoms with E-state index in [2.05, 4.69) is 15.0 Å². The highest BCUT2D eigenvalue weighted by Crippen LogP contribution is 2.30. The molecule has 0 bridgehead atoms. The van der Waals surface area contributed by atoms with Crippen LogP contribution in [0.25, 0.3) is 11.3 Å². The average Bonchev–Trinajstić information content (AvgIpc) is 3.26. The van der Waals surface area contributed by atoms with Gasteiger partial charge < -0.3 is 9.88 Å². The van der Waals surface area contributed by atoms with E-state index >= 15 is 0 Å². The van der Waals surface area contributed by atoms with Crippen LogP contribution in [0.1, 0.15) is 63.1 Å². The Balaban J connectivity index is 1.36. The van der Waals surface area contributed by atoms with Crippen LogP contribution in [-0.2, 0) is 4.79 Å². The number of H-pyrrole nitrogens is 1. The highest BCUT2D eigenvalue weighted by atomic mass is 16.2. The smallest absolute Gasteiger partial charge is 0.251 e. The first-order chi connectivity index (χ1) is 13.7. The van der Waals surface area contributed by atoms with Crippen LogP contribution in [0.5, 0.6) is 0 Å². The molecule has 0 atom stereocenters. The van der Waals surface area contributed by atoms with E-state index in [1.165, 1.54) is 31.7 Å². The van der Waals surface area contributed by atoms with Crippen LogP contribution >= 0.6 is 0 Å². The van der Waals surface area contributed by atoms with E-state index in [9.17, 15) is 9.59 Å². The number of nitrogens with one attached hydrogen (secondary N) is 1. The van der Waals surface area contributed by atoms with Crippen molar-refractivity contribution in [3.05, 3.63) is 46.8 Å². The number of nitrogens with zero attached hydrogens (tertiary/aromatic N) is 3. The molecule has 1 aliphatic heterocycles. The predicted octanol–water partition coefficient (Wildman–Crippen LogP) is 3.51. The van der Waals surface area contributed by atoms with Gasteiger partial charge in [-0.3, -0.25) is 14.6 Å². The van der Waals surface area contributed by atoms with Crippen molar-refractivity contribution in [2.45, 2.75) is 57.3 Å². The van der Waals surface area contributed by atoms with Crippen molar-refractivity contribution in [3.8, 4) is 11.3 Å². The predicted molar refractivity (Wildman–Crippen MR) is 108 cm³/mol. The zero-order valence-corrected chi connectivity index (χ0v) is 16.3. The largest absolute Gasteiger partial charge is 0.343 e. The van der Waals surface area contributed by atoms with Gasteiger partial charge >= 0.3 is 0 Å². The van der Waals surface area contributed by atoms with Gasteiger partial charge in [-0.1, -0.05) is 25.7 Å². The number of piperidine rings is 1. The minimum Gasteiger partial charge on any atom is -0.343 e. The number of rotatable bonds is 5. The van der Waals surface area contributed by atoms with Crippen LogP contribution in [0.2, 0.25) is 0 Å². The molecule has 6 nitrogen and oxygen atoms in total. The SMILES string of the molecule is O=C(CCC1CCCC1)N1CCC(c2nc(-c3cccnc3)cc(=O)[nH]2)CC1. The summed E-state index contributed by atoms with van der Waals surface area (Å²) in [6.07, 6.45) is 12.1. The van der Waals surface area contributed by atoms with E-state index in [4.69, 9.17) is 0 Å². The molecule has 0 unspecified atom stereocenters. The molecule has 28 heavy (non-hydrogen) atoms. The fraction of sp³-hybridized carbons (Fsp3) is 0.545. The standard InChI is InChI=1S/C22H28N4O2/c27-20-14-19(18-6-3-11-23-15-18)24-22(25-20)17-9-12-26(13-10-17)21(28)8-7-16-4-1-2-5-16/h3,6,11,14-17H,1-2,4-5,7-10,12-13H2,(H,24,25,27). The Morgan fingerprint density at radius 1 is 1.18 bits per heavy atom. The van der Waals surface area contributed by atoms with Crippen LogP contribution in [0.4, 0.5) is 0 Å². The molecule has 3 heterocycles. The quantitative estimate of drug-likeness (QED) is 0.861. The number of amides is 1. The molecule has 0 radical (unpaired) electrons. The Morgan fingerprint density at radius 3 is 2.68 bits per heavy atom. The summed E-state index contributed by atoms with van der Waals surface area (Å²) in [5, 5.41) is 0. The highest BCUT2D eigenvalue weighted by Gasteiger charge is 2.26. The number of carbonyl (C=O) groups is 1. The zero-order valence-electron chi connectivity index (χ0n) is 16.3. The summed E-state index contributed by atoms with van der Waals surface area (Å²) in [5.41, 5.74) is 1.36. The lowest BCUT2D eigenvalue weighted by Gasteiger charge is -2.32. The summed E-state index contributed by atoms with van der Waals surface area (Å²) < 4.78 is 0. The van der Waals surface area contributed by atoms with Gasteiger partial charge in [0.05, 0.1) is 5.69 Å². The van der Waals surface area contributed by atoms with Crippen molar-refractivity contribution in [1.29, 1.82) is 0 Å². The number of aromatic amines is 1. The van der Waals surface area contributed by atoms with Gasteiger partial charge in [0.2, 0.25) is 5.91 Å². The summed E-state index contributed by atoms with van der Waals surface area (Å²) >= 11 is 0. The lowest BCUT2D eigenvalue weighted by atomic mass is 9.95. The first-order valence-electron chi connectivity index (χ1n) is 10.5. The molecule has 1 aliphatic carbocycles. The molecule has 0 spiro atoms. The average molecular weight is 380 g/mol. The van der Waals surface area contributed by atoms with Crippen molar-refractivity contribution in [1.82, 2.24) is 19.9 Å². The van der Waals surface area contributed by atoms with Gasteiger partial charge in [0.15, 0.2) is 0 Å². The third kappa shape index (κ3) is 4.49. The zero-order chi connectivity index (χ0) is 19.3. The molecule has 0 aromatic carbocycles. The van der Waals surface area contributed by atoms with Gasteiger partial charge in [-0.05, 0) is 37.3 Å². The molecule has 1 amide bonds. The first kappa shape index (κ1) is 18.8.